The van der Waals surface area contributed by atoms with Gasteiger partial charge in [-0.3, -0.25) is 19.0 Å². The van der Waals surface area contributed by atoms with Gasteiger partial charge in [-0.2, -0.15) is 0 Å². The van der Waals surface area contributed by atoms with Gasteiger partial charge in [0.1, 0.15) is 19.2 Å². The van der Waals surface area contributed by atoms with Crippen molar-refractivity contribution in [3.63, 3.8) is 0 Å². The van der Waals surface area contributed by atoms with Crippen LogP contribution in [0.3, 0.4) is 0 Å². The van der Waals surface area contributed by atoms with E-state index in [1.165, 1.54) is 23.3 Å². The minimum absolute atomic E-state index is 0.0452. The number of carbonyl (C=O) groups excluding carboxylic acids is 4. The molecule has 0 aliphatic carbocycles. The van der Waals surface area contributed by atoms with Gasteiger partial charge in [-0.15, -0.1) is 0 Å². The van der Waals surface area contributed by atoms with Gasteiger partial charge in [-0.25, -0.2) is 4.79 Å². The number of para-hydroxylation sites is 1. The second kappa shape index (κ2) is 11.8. The third-order valence-corrected chi connectivity index (χ3v) is 5.35. The van der Waals surface area contributed by atoms with Gasteiger partial charge in [-0.1, -0.05) is 48.5 Å². The molecule has 0 bridgehead atoms. The summed E-state index contributed by atoms with van der Waals surface area (Å²) in [5.74, 6) is -1.24. The number of esters is 1. The van der Waals surface area contributed by atoms with Crippen LogP contribution in [0, 0.1) is 0 Å². The molecule has 1 N–H and O–H groups in total. The largest absolute Gasteiger partial charge is 0.465 e. The van der Waals surface area contributed by atoms with Crippen molar-refractivity contribution in [2.75, 3.05) is 13.2 Å². The Kier molecular flexibility index (Phi) is 8.61. The molecule has 0 aliphatic heterocycles. The molecule has 0 saturated carbocycles. The van der Waals surface area contributed by atoms with E-state index in [0.717, 1.165) is 10.9 Å². The van der Waals surface area contributed by atoms with E-state index in [-0.39, 0.29) is 32.2 Å². The van der Waals surface area contributed by atoms with Crippen LogP contribution in [0.4, 0.5) is 4.79 Å². The Morgan fingerprint density at radius 3 is 2.37 bits per heavy atom. The number of nitrogens with zero attached hydrogens (tertiary/aromatic N) is 2. The molecule has 0 fully saturated rings. The van der Waals surface area contributed by atoms with Crippen molar-refractivity contribution in [1.29, 1.82) is 0 Å². The second-order valence-corrected chi connectivity index (χ2v) is 7.99. The van der Waals surface area contributed by atoms with Gasteiger partial charge in [0, 0.05) is 25.1 Å². The number of rotatable bonds is 9. The maximum atomic E-state index is 13.2. The highest BCUT2D eigenvalue weighted by atomic mass is 16.5. The summed E-state index contributed by atoms with van der Waals surface area (Å²) >= 11 is 0. The van der Waals surface area contributed by atoms with E-state index < -0.39 is 24.0 Å². The average Bonchev–Trinajstić information content (AvgIpc) is 3.21. The number of aromatic nitrogens is 1. The minimum Gasteiger partial charge on any atom is -0.465 e. The fourth-order valence-corrected chi connectivity index (χ4v) is 3.69. The van der Waals surface area contributed by atoms with Gasteiger partial charge in [-0.05, 0) is 31.0 Å². The van der Waals surface area contributed by atoms with Crippen molar-refractivity contribution in [1.82, 2.24) is 14.8 Å². The summed E-state index contributed by atoms with van der Waals surface area (Å²) in [5.41, 5.74) is 2.20. The topological polar surface area (TPSA) is 107 Å². The lowest BCUT2D eigenvalue weighted by Gasteiger charge is -2.25. The minimum atomic E-state index is -0.964. The van der Waals surface area contributed by atoms with E-state index in [0.29, 0.717) is 11.1 Å². The maximum absolute atomic E-state index is 13.2. The van der Waals surface area contributed by atoms with Crippen LogP contribution < -0.4 is 5.32 Å². The lowest BCUT2D eigenvalue weighted by molar-refractivity contribution is -0.149. The van der Waals surface area contributed by atoms with Crippen molar-refractivity contribution in [2.24, 2.45) is 0 Å². The molecule has 3 rings (SSSR count). The monoisotopic (exact) mass is 479 g/mol. The Bertz CT molecular complexity index is 1200. The lowest BCUT2D eigenvalue weighted by atomic mass is 10.1. The number of nitrogens with one attached hydrogen (secondary N) is 1. The van der Waals surface area contributed by atoms with Gasteiger partial charge in [0.2, 0.25) is 11.8 Å². The summed E-state index contributed by atoms with van der Waals surface area (Å²) in [4.78, 5) is 51.1. The average molecular weight is 480 g/mol. The first kappa shape index (κ1) is 25.5. The highest BCUT2D eigenvalue weighted by Gasteiger charge is 2.26. The smallest absolute Gasteiger partial charge is 0.408 e. The Balaban J connectivity index is 1.75. The third kappa shape index (κ3) is 6.69. The molecule has 0 spiro atoms. The van der Waals surface area contributed by atoms with E-state index in [1.54, 1.807) is 13.1 Å². The normalized spacial score (nSPS) is 11.5. The SMILES string of the molecule is CCOC(=O)CN(Cc1cn(C(C)=O)c2ccccc12)C(=O)[C@H](C)NC(=O)OCc1ccccc1. The highest BCUT2D eigenvalue weighted by molar-refractivity contribution is 5.94. The molecule has 184 valence electrons. The molecule has 0 unspecified atom stereocenters. The molecule has 35 heavy (non-hydrogen) atoms. The molecule has 0 saturated heterocycles. The first-order chi connectivity index (χ1) is 16.8. The molecule has 1 aromatic heterocycles. The Morgan fingerprint density at radius 1 is 1.00 bits per heavy atom. The van der Waals surface area contributed by atoms with Gasteiger partial charge in [0.05, 0.1) is 12.1 Å². The van der Waals surface area contributed by atoms with Crippen LogP contribution in [0.5, 0.6) is 0 Å². The van der Waals surface area contributed by atoms with Gasteiger partial charge in [0.25, 0.3) is 0 Å². The second-order valence-electron chi connectivity index (χ2n) is 7.99. The molecule has 1 atom stereocenters. The fourth-order valence-electron chi connectivity index (χ4n) is 3.69. The zero-order valence-corrected chi connectivity index (χ0v) is 20.0. The summed E-state index contributed by atoms with van der Waals surface area (Å²) in [7, 11) is 0. The molecular formula is C26H29N3O6. The van der Waals surface area contributed by atoms with Crippen molar-refractivity contribution in [3.05, 3.63) is 71.9 Å². The van der Waals surface area contributed by atoms with Crippen molar-refractivity contribution >= 4 is 34.8 Å². The fraction of sp³-hybridized carbons (Fsp3) is 0.308. The molecule has 9 nitrogen and oxygen atoms in total. The molecule has 0 aliphatic rings. The lowest BCUT2D eigenvalue weighted by Crippen LogP contribution is -2.48. The quantitative estimate of drug-likeness (QED) is 0.471. The van der Waals surface area contributed by atoms with Gasteiger partial charge in [0.15, 0.2) is 0 Å². The number of benzene rings is 2. The first-order valence-corrected chi connectivity index (χ1v) is 11.3. The Morgan fingerprint density at radius 2 is 1.69 bits per heavy atom. The van der Waals surface area contributed by atoms with Crippen LogP contribution in [-0.4, -0.2) is 52.5 Å². The number of hydrogen-bond acceptors (Lipinski definition) is 6. The van der Waals surface area contributed by atoms with Gasteiger partial charge >= 0.3 is 12.1 Å². The van der Waals surface area contributed by atoms with Crippen molar-refractivity contribution < 1.29 is 28.7 Å². The van der Waals surface area contributed by atoms with Crippen LogP contribution in [-0.2, 0) is 32.2 Å². The van der Waals surface area contributed by atoms with Crippen LogP contribution in [0.2, 0.25) is 0 Å². The summed E-state index contributed by atoms with van der Waals surface area (Å²) in [6, 6.07) is 15.5. The van der Waals surface area contributed by atoms with Crippen LogP contribution >= 0.6 is 0 Å². The summed E-state index contributed by atoms with van der Waals surface area (Å²) < 4.78 is 11.7. The zero-order chi connectivity index (χ0) is 25.4. The molecule has 3 aromatic rings. The van der Waals surface area contributed by atoms with E-state index in [1.807, 2.05) is 54.6 Å². The number of fused-ring (bicyclic) bond motifs is 1. The standard InChI is InChI=1S/C26H29N3O6/c1-4-34-24(31)16-28(14-21-15-29(19(3)30)23-13-9-8-12-22(21)23)25(32)18(2)27-26(33)35-17-20-10-6-5-7-11-20/h5-13,15,18H,4,14,16-17H2,1-3H3,(H,27,33)/t18-/m0/s1. The summed E-state index contributed by atoms with van der Waals surface area (Å²) in [5, 5.41) is 3.30. The van der Waals surface area contributed by atoms with Gasteiger partial charge < -0.3 is 19.7 Å². The molecule has 1 heterocycles. The van der Waals surface area contributed by atoms with E-state index in [4.69, 9.17) is 9.47 Å². The predicted molar refractivity (Wildman–Crippen MR) is 130 cm³/mol. The Labute approximate surface area is 203 Å². The molecule has 0 radical (unpaired) electrons. The molecular weight excluding hydrogens is 450 g/mol. The molecule has 2 aromatic carbocycles. The summed E-state index contributed by atoms with van der Waals surface area (Å²) in [6.45, 7) is 4.61. The van der Waals surface area contributed by atoms with E-state index >= 15 is 0 Å². The Hall–Kier alpha value is -4.14. The van der Waals surface area contributed by atoms with E-state index in [9.17, 15) is 19.2 Å². The third-order valence-electron chi connectivity index (χ3n) is 5.35. The van der Waals surface area contributed by atoms with Crippen molar-refractivity contribution in [3.8, 4) is 0 Å². The maximum Gasteiger partial charge on any atom is 0.408 e. The van der Waals surface area contributed by atoms with Crippen LogP contribution in [0.15, 0.2) is 60.8 Å². The highest BCUT2D eigenvalue weighted by Crippen LogP contribution is 2.23. The predicted octanol–water partition coefficient (Wildman–Crippen LogP) is 3.51. The number of amides is 2. The number of hydrogen-bond donors (Lipinski definition) is 1. The number of ether oxygens (including phenoxy) is 2. The first-order valence-electron chi connectivity index (χ1n) is 11.3. The number of carbonyl (C=O) groups is 4. The molecule has 2 amide bonds. The summed E-state index contributed by atoms with van der Waals surface area (Å²) in [6.07, 6.45) is 0.906. The van der Waals surface area contributed by atoms with Crippen molar-refractivity contribution in [2.45, 2.75) is 40.0 Å². The number of alkyl carbamates (subject to hydrolysis) is 1. The zero-order valence-electron chi connectivity index (χ0n) is 20.0. The van der Waals surface area contributed by atoms with Crippen LogP contribution in [0.25, 0.3) is 10.9 Å². The van der Waals surface area contributed by atoms with Crippen LogP contribution in [0.1, 0.15) is 36.7 Å². The van der Waals surface area contributed by atoms with E-state index in [2.05, 4.69) is 5.32 Å². The molecule has 9 heteroatoms.